The highest BCUT2D eigenvalue weighted by Crippen LogP contribution is 2.23. The second-order valence-corrected chi connectivity index (χ2v) is 5.80. The number of carbonyl (C=O) groups is 1. The van der Waals surface area contributed by atoms with Crippen molar-refractivity contribution in [3.8, 4) is 0 Å². The first-order valence-corrected chi connectivity index (χ1v) is 7.73. The van der Waals surface area contributed by atoms with E-state index in [0.717, 1.165) is 9.37 Å². The smallest absolute Gasteiger partial charge is 0.168 e. The van der Waals surface area contributed by atoms with Gasteiger partial charge >= 0.3 is 0 Å². The van der Waals surface area contributed by atoms with E-state index >= 15 is 0 Å². The molecule has 0 unspecified atom stereocenters. The van der Waals surface area contributed by atoms with Gasteiger partial charge in [0.1, 0.15) is 5.82 Å². The molecule has 2 aromatic rings. The van der Waals surface area contributed by atoms with Gasteiger partial charge in [-0.05, 0) is 36.1 Å². The summed E-state index contributed by atoms with van der Waals surface area (Å²) in [6.07, 6.45) is 1.99. The highest BCUT2D eigenvalue weighted by Gasteiger charge is 2.13. The van der Waals surface area contributed by atoms with Crippen LogP contribution in [-0.2, 0) is 6.42 Å². The normalized spacial score (nSPS) is 10.5. The van der Waals surface area contributed by atoms with Gasteiger partial charge in [0.25, 0.3) is 0 Å². The molecule has 0 aliphatic rings. The lowest BCUT2D eigenvalue weighted by Gasteiger charge is -2.07. The Balaban J connectivity index is 2.28. The minimum atomic E-state index is -0.349. The zero-order valence-corrected chi connectivity index (χ0v) is 12.7. The number of thioether (sulfide) groups is 1. The van der Waals surface area contributed by atoms with E-state index in [1.165, 1.54) is 17.8 Å². The van der Waals surface area contributed by atoms with Crippen LogP contribution in [0.4, 0.5) is 4.39 Å². The number of hydrogen-bond donors (Lipinski definition) is 0. The standard InChI is InChI=1S/C15H12BrFOS/c1-19-15-5-3-2-4-12(15)14(18)9-10-8-11(16)6-7-13(10)17/h2-8H,9H2,1H3. The van der Waals surface area contributed by atoms with Crippen molar-refractivity contribution in [1.82, 2.24) is 0 Å². The van der Waals surface area contributed by atoms with Gasteiger partial charge in [-0.2, -0.15) is 0 Å². The number of Topliss-reactive ketones (excluding diaryl/α,β-unsaturated/α-hetero) is 1. The fourth-order valence-electron chi connectivity index (χ4n) is 1.82. The monoisotopic (exact) mass is 338 g/mol. The van der Waals surface area contributed by atoms with Crippen molar-refractivity contribution in [2.75, 3.05) is 6.26 Å². The molecule has 19 heavy (non-hydrogen) atoms. The predicted octanol–water partition coefficient (Wildman–Crippen LogP) is 4.74. The zero-order chi connectivity index (χ0) is 13.8. The molecule has 0 amide bonds. The molecule has 0 bridgehead atoms. The molecule has 0 aromatic heterocycles. The zero-order valence-electron chi connectivity index (χ0n) is 10.3. The van der Waals surface area contributed by atoms with Crippen molar-refractivity contribution in [2.24, 2.45) is 0 Å². The summed E-state index contributed by atoms with van der Waals surface area (Å²) in [6.45, 7) is 0. The molecular weight excluding hydrogens is 327 g/mol. The number of ketones is 1. The molecule has 0 spiro atoms. The van der Waals surface area contributed by atoms with Crippen LogP contribution in [0.3, 0.4) is 0 Å². The Kier molecular flexibility index (Phi) is 4.77. The van der Waals surface area contributed by atoms with Crippen LogP contribution in [0.15, 0.2) is 51.8 Å². The molecular formula is C15H12BrFOS. The summed E-state index contributed by atoms with van der Waals surface area (Å²) in [4.78, 5) is 13.2. The minimum Gasteiger partial charge on any atom is -0.294 e. The molecule has 0 radical (unpaired) electrons. The second-order valence-electron chi connectivity index (χ2n) is 4.04. The first-order valence-electron chi connectivity index (χ1n) is 5.72. The van der Waals surface area contributed by atoms with Gasteiger partial charge in [-0.1, -0.05) is 34.1 Å². The largest absolute Gasteiger partial charge is 0.294 e. The first-order chi connectivity index (χ1) is 9.11. The lowest BCUT2D eigenvalue weighted by atomic mass is 10.0. The summed E-state index contributed by atoms with van der Waals surface area (Å²) in [5.74, 6) is -0.417. The molecule has 98 valence electrons. The van der Waals surface area contributed by atoms with E-state index in [2.05, 4.69) is 15.9 Å². The lowest BCUT2D eigenvalue weighted by Crippen LogP contribution is -2.06. The van der Waals surface area contributed by atoms with Crippen LogP contribution >= 0.6 is 27.7 Å². The SMILES string of the molecule is CSc1ccccc1C(=O)Cc1cc(Br)ccc1F. The third kappa shape index (κ3) is 3.45. The van der Waals surface area contributed by atoms with Gasteiger partial charge in [0.15, 0.2) is 5.78 Å². The van der Waals surface area contributed by atoms with Gasteiger partial charge in [0, 0.05) is 21.4 Å². The summed E-state index contributed by atoms with van der Waals surface area (Å²) in [7, 11) is 0. The molecule has 0 N–H and O–H groups in total. The van der Waals surface area contributed by atoms with Crippen LogP contribution in [-0.4, -0.2) is 12.0 Å². The number of halogens is 2. The molecule has 4 heteroatoms. The van der Waals surface area contributed by atoms with Gasteiger partial charge < -0.3 is 0 Å². The van der Waals surface area contributed by atoms with Crippen LogP contribution in [0.2, 0.25) is 0 Å². The highest BCUT2D eigenvalue weighted by molar-refractivity contribution is 9.10. The Labute approximate surface area is 124 Å². The summed E-state index contributed by atoms with van der Waals surface area (Å²) in [6, 6.07) is 12.0. The molecule has 0 heterocycles. The number of carbonyl (C=O) groups excluding carboxylic acids is 1. The Morgan fingerprint density at radius 3 is 2.74 bits per heavy atom. The molecule has 0 saturated heterocycles. The highest BCUT2D eigenvalue weighted by atomic mass is 79.9. The van der Waals surface area contributed by atoms with E-state index in [1.54, 1.807) is 18.2 Å². The van der Waals surface area contributed by atoms with Crippen molar-refractivity contribution >= 4 is 33.5 Å². The molecule has 0 fully saturated rings. The summed E-state index contributed by atoms with van der Waals surface area (Å²) < 4.78 is 14.4. The predicted molar refractivity (Wildman–Crippen MR) is 80.4 cm³/mol. The minimum absolute atomic E-state index is 0.0676. The van der Waals surface area contributed by atoms with Gasteiger partial charge in [0.05, 0.1) is 0 Å². The first kappa shape index (κ1) is 14.3. The number of hydrogen-bond acceptors (Lipinski definition) is 2. The average molecular weight is 339 g/mol. The molecule has 2 rings (SSSR count). The molecule has 0 saturated carbocycles. The Morgan fingerprint density at radius 1 is 1.26 bits per heavy atom. The van der Waals surface area contributed by atoms with E-state index in [9.17, 15) is 9.18 Å². The van der Waals surface area contributed by atoms with E-state index < -0.39 is 0 Å². The Morgan fingerprint density at radius 2 is 2.00 bits per heavy atom. The lowest BCUT2D eigenvalue weighted by molar-refractivity contribution is 0.0989. The fraction of sp³-hybridized carbons (Fsp3) is 0.133. The quantitative estimate of drug-likeness (QED) is 0.591. The molecule has 2 aromatic carbocycles. The number of benzene rings is 2. The van der Waals surface area contributed by atoms with Crippen LogP contribution in [0, 0.1) is 5.82 Å². The van der Waals surface area contributed by atoms with Crippen molar-refractivity contribution in [3.63, 3.8) is 0 Å². The Bertz CT molecular complexity index is 613. The second kappa shape index (κ2) is 6.35. The summed E-state index contributed by atoms with van der Waals surface area (Å²) in [5, 5.41) is 0. The van der Waals surface area contributed by atoms with Gasteiger partial charge in [-0.3, -0.25) is 4.79 Å². The van der Waals surface area contributed by atoms with Gasteiger partial charge in [-0.25, -0.2) is 4.39 Å². The molecule has 1 nitrogen and oxygen atoms in total. The van der Waals surface area contributed by atoms with Crippen LogP contribution in [0.1, 0.15) is 15.9 Å². The summed E-state index contributed by atoms with van der Waals surface area (Å²) >= 11 is 4.81. The maximum absolute atomic E-state index is 13.6. The Hall–Kier alpha value is -1.13. The molecule has 0 atom stereocenters. The van der Waals surface area contributed by atoms with Crippen LogP contribution in [0.25, 0.3) is 0 Å². The third-order valence-electron chi connectivity index (χ3n) is 2.77. The third-order valence-corrected chi connectivity index (χ3v) is 4.06. The van der Waals surface area contributed by atoms with E-state index in [0.29, 0.717) is 11.1 Å². The molecule has 0 aliphatic heterocycles. The van der Waals surface area contributed by atoms with E-state index in [-0.39, 0.29) is 18.0 Å². The van der Waals surface area contributed by atoms with Crippen molar-refractivity contribution in [3.05, 3.63) is 63.9 Å². The fourth-order valence-corrected chi connectivity index (χ4v) is 2.85. The van der Waals surface area contributed by atoms with Gasteiger partial charge in [-0.15, -0.1) is 11.8 Å². The average Bonchev–Trinajstić information content (AvgIpc) is 2.42. The van der Waals surface area contributed by atoms with Gasteiger partial charge in [0.2, 0.25) is 0 Å². The van der Waals surface area contributed by atoms with Crippen molar-refractivity contribution in [2.45, 2.75) is 11.3 Å². The number of rotatable bonds is 4. The molecule has 0 aliphatic carbocycles. The summed E-state index contributed by atoms with van der Waals surface area (Å²) in [5.41, 5.74) is 1.06. The van der Waals surface area contributed by atoms with Crippen LogP contribution < -0.4 is 0 Å². The van der Waals surface area contributed by atoms with Crippen molar-refractivity contribution in [1.29, 1.82) is 0 Å². The topological polar surface area (TPSA) is 17.1 Å². The van der Waals surface area contributed by atoms with Crippen molar-refractivity contribution < 1.29 is 9.18 Å². The maximum atomic E-state index is 13.6. The maximum Gasteiger partial charge on any atom is 0.168 e. The van der Waals surface area contributed by atoms with E-state index in [4.69, 9.17) is 0 Å². The van der Waals surface area contributed by atoms with Crippen LogP contribution in [0.5, 0.6) is 0 Å². The van der Waals surface area contributed by atoms with E-state index in [1.807, 2.05) is 24.5 Å².